The number of benzene rings is 1. The molecule has 0 radical (unpaired) electrons. The summed E-state index contributed by atoms with van der Waals surface area (Å²) in [6.07, 6.45) is 1.75. The molecule has 0 fully saturated rings. The quantitative estimate of drug-likeness (QED) is 0.911. The fourth-order valence-corrected chi connectivity index (χ4v) is 2.02. The summed E-state index contributed by atoms with van der Waals surface area (Å²) in [7, 11) is 3.23. The number of aryl methyl sites for hydroxylation is 1. The smallest absolute Gasteiger partial charge is 0.161 e. The molecule has 1 heterocycles. The lowest BCUT2D eigenvalue weighted by Crippen LogP contribution is -2.15. The predicted molar refractivity (Wildman–Crippen MR) is 78.7 cm³/mol. The highest BCUT2D eigenvalue weighted by molar-refractivity contribution is 5.47. The van der Waals surface area contributed by atoms with E-state index in [1.807, 2.05) is 19.1 Å². The predicted octanol–water partition coefficient (Wildman–Crippen LogP) is 1.88. The van der Waals surface area contributed by atoms with Crippen molar-refractivity contribution in [2.24, 2.45) is 0 Å². The molecule has 2 rings (SSSR count). The second kappa shape index (κ2) is 5.73. The number of aromatic nitrogens is 3. The van der Waals surface area contributed by atoms with Crippen LogP contribution in [0.3, 0.4) is 0 Å². The minimum Gasteiger partial charge on any atom is -0.493 e. The Morgan fingerprint density at radius 2 is 1.81 bits per heavy atom. The molecule has 0 unspecified atom stereocenters. The molecule has 0 bridgehead atoms. The minimum absolute atomic E-state index is 0.542. The largest absolute Gasteiger partial charge is 0.493 e. The van der Waals surface area contributed by atoms with Gasteiger partial charge >= 0.3 is 0 Å². The van der Waals surface area contributed by atoms with Gasteiger partial charge in [0.1, 0.15) is 11.3 Å². The van der Waals surface area contributed by atoms with Crippen LogP contribution in [0.1, 0.15) is 30.7 Å². The summed E-state index contributed by atoms with van der Waals surface area (Å²) in [4.78, 5) is 0. The van der Waals surface area contributed by atoms with E-state index in [2.05, 4.69) is 10.3 Å². The normalized spacial score (nSPS) is 11.5. The molecular weight excluding hydrogens is 270 g/mol. The zero-order valence-corrected chi connectivity index (χ0v) is 13.0. The Balaban J connectivity index is 2.29. The third-order valence-corrected chi connectivity index (χ3v) is 3.34. The summed E-state index contributed by atoms with van der Waals surface area (Å²) in [5.74, 6) is 1.38. The van der Waals surface area contributed by atoms with Crippen LogP contribution in [0.4, 0.5) is 0 Å². The van der Waals surface area contributed by atoms with Gasteiger partial charge in [0.25, 0.3) is 0 Å². The summed E-state index contributed by atoms with van der Waals surface area (Å²) in [6.45, 7) is 5.92. The zero-order valence-electron chi connectivity index (χ0n) is 13.0. The molecule has 6 nitrogen and oxygen atoms in total. The number of rotatable bonds is 5. The first-order valence-corrected chi connectivity index (χ1v) is 6.69. The molecule has 0 aliphatic carbocycles. The fourth-order valence-electron chi connectivity index (χ4n) is 2.02. The van der Waals surface area contributed by atoms with Gasteiger partial charge in [0.05, 0.1) is 27.0 Å². The number of ether oxygens (including phenoxy) is 2. The van der Waals surface area contributed by atoms with E-state index in [-0.39, 0.29) is 0 Å². The van der Waals surface area contributed by atoms with Gasteiger partial charge in [0, 0.05) is 0 Å². The van der Waals surface area contributed by atoms with Gasteiger partial charge < -0.3 is 14.6 Å². The van der Waals surface area contributed by atoms with Gasteiger partial charge in [-0.25, -0.2) is 4.68 Å². The Morgan fingerprint density at radius 3 is 2.33 bits per heavy atom. The van der Waals surface area contributed by atoms with Gasteiger partial charge in [-0.3, -0.25) is 0 Å². The van der Waals surface area contributed by atoms with Gasteiger partial charge in [0.15, 0.2) is 11.5 Å². The lowest BCUT2D eigenvalue weighted by molar-refractivity contribution is 0.0737. The van der Waals surface area contributed by atoms with E-state index in [1.165, 1.54) is 0 Å². The topological polar surface area (TPSA) is 69.4 Å². The molecule has 114 valence electrons. The van der Waals surface area contributed by atoms with E-state index in [1.54, 1.807) is 38.9 Å². The maximum absolute atomic E-state index is 9.92. The van der Waals surface area contributed by atoms with E-state index in [9.17, 15) is 5.11 Å². The number of hydrogen-bond acceptors (Lipinski definition) is 5. The summed E-state index contributed by atoms with van der Waals surface area (Å²) in [5.41, 5.74) is 1.68. The molecule has 0 aliphatic rings. The van der Waals surface area contributed by atoms with Crippen LogP contribution in [-0.4, -0.2) is 34.3 Å². The van der Waals surface area contributed by atoms with Crippen LogP contribution < -0.4 is 9.47 Å². The molecule has 2 aromatic rings. The van der Waals surface area contributed by atoms with Crippen molar-refractivity contribution in [1.82, 2.24) is 15.0 Å². The molecule has 1 N–H and O–H groups in total. The van der Waals surface area contributed by atoms with E-state index < -0.39 is 5.60 Å². The average Bonchev–Trinajstić information content (AvgIpc) is 2.89. The Labute approximate surface area is 124 Å². The highest BCUT2D eigenvalue weighted by atomic mass is 16.5. The third kappa shape index (κ3) is 3.33. The van der Waals surface area contributed by atoms with Crippen molar-refractivity contribution in [3.63, 3.8) is 0 Å². The lowest BCUT2D eigenvalue weighted by atomic mass is 10.1. The molecule has 0 atom stereocenters. The second-order valence-electron chi connectivity index (χ2n) is 5.49. The lowest BCUT2D eigenvalue weighted by Gasteiger charge is -2.13. The molecule has 1 aromatic heterocycles. The van der Waals surface area contributed by atoms with Crippen molar-refractivity contribution < 1.29 is 14.6 Å². The number of methoxy groups -OCH3 is 2. The SMILES string of the molecule is COc1cc(C)c(Cn2cc(C(C)(C)O)nn2)cc1OC. The third-order valence-electron chi connectivity index (χ3n) is 3.34. The van der Waals surface area contributed by atoms with Crippen molar-refractivity contribution in [3.05, 3.63) is 35.2 Å². The molecule has 1 aromatic carbocycles. The van der Waals surface area contributed by atoms with Crippen LogP contribution in [0, 0.1) is 6.92 Å². The summed E-state index contributed by atoms with van der Waals surface area (Å²) in [5, 5.41) is 18.0. The highest BCUT2D eigenvalue weighted by Crippen LogP contribution is 2.30. The van der Waals surface area contributed by atoms with Gasteiger partial charge in [-0.05, 0) is 44.0 Å². The first-order chi connectivity index (χ1) is 9.85. The number of hydrogen-bond donors (Lipinski definition) is 1. The van der Waals surface area contributed by atoms with Crippen LogP contribution in [0.5, 0.6) is 11.5 Å². The molecule has 0 aliphatic heterocycles. The second-order valence-corrected chi connectivity index (χ2v) is 5.49. The molecule has 0 spiro atoms. The molecule has 0 amide bonds. The van der Waals surface area contributed by atoms with Crippen LogP contribution in [0.15, 0.2) is 18.3 Å². The maximum Gasteiger partial charge on any atom is 0.161 e. The van der Waals surface area contributed by atoms with Crippen LogP contribution in [0.25, 0.3) is 0 Å². The van der Waals surface area contributed by atoms with Crippen LogP contribution >= 0.6 is 0 Å². The van der Waals surface area contributed by atoms with Crippen molar-refractivity contribution in [1.29, 1.82) is 0 Å². The summed E-state index contributed by atoms with van der Waals surface area (Å²) < 4.78 is 12.3. The van der Waals surface area contributed by atoms with Crippen molar-refractivity contribution in [2.75, 3.05) is 14.2 Å². The molecule has 0 saturated carbocycles. The van der Waals surface area contributed by atoms with Crippen LogP contribution in [0.2, 0.25) is 0 Å². The van der Waals surface area contributed by atoms with Gasteiger partial charge in [-0.15, -0.1) is 5.10 Å². The Morgan fingerprint density at radius 1 is 1.19 bits per heavy atom. The number of nitrogens with zero attached hydrogens (tertiary/aromatic N) is 3. The Kier molecular flexibility index (Phi) is 4.18. The Bertz CT molecular complexity index is 630. The number of aliphatic hydroxyl groups is 1. The monoisotopic (exact) mass is 291 g/mol. The van der Waals surface area contributed by atoms with E-state index >= 15 is 0 Å². The first kappa shape index (κ1) is 15.3. The molecule has 21 heavy (non-hydrogen) atoms. The molecular formula is C15H21N3O3. The summed E-state index contributed by atoms with van der Waals surface area (Å²) in [6, 6.07) is 3.86. The highest BCUT2D eigenvalue weighted by Gasteiger charge is 2.20. The van der Waals surface area contributed by atoms with Crippen molar-refractivity contribution >= 4 is 0 Å². The van der Waals surface area contributed by atoms with Gasteiger partial charge in [-0.2, -0.15) is 0 Å². The average molecular weight is 291 g/mol. The molecule has 6 heteroatoms. The van der Waals surface area contributed by atoms with Crippen LogP contribution in [-0.2, 0) is 12.1 Å². The van der Waals surface area contributed by atoms with E-state index in [0.29, 0.717) is 23.7 Å². The van der Waals surface area contributed by atoms with Crippen molar-refractivity contribution in [3.8, 4) is 11.5 Å². The van der Waals surface area contributed by atoms with Gasteiger partial charge in [-0.1, -0.05) is 5.21 Å². The summed E-state index contributed by atoms with van der Waals surface area (Å²) >= 11 is 0. The minimum atomic E-state index is -0.995. The molecule has 0 saturated heterocycles. The maximum atomic E-state index is 9.92. The van der Waals surface area contributed by atoms with Gasteiger partial charge in [0.2, 0.25) is 0 Å². The van der Waals surface area contributed by atoms with E-state index in [4.69, 9.17) is 9.47 Å². The van der Waals surface area contributed by atoms with Crippen molar-refractivity contribution in [2.45, 2.75) is 32.9 Å². The zero-order chi connectivity index (χ0) is 15.6. The fraction of sp³-hybridized carbons (Fsp3) is 0.467. The Hall–Kier alpha value is -2.08. The standard InChI is InChI=1S/C15H21N3O3/c1-10-6-12(20-4)13(21-5)7-11(10)8-18-9-14(16-17-18)15(2,3)19/h6-7,9,19H,8H2,1-5H3. The first-order valence-electron chi connectivity index (χ1n) is 6.69. The van der Waals surface area contributed by atoms with E-state index in [0.717, 1.165) is 11.1 Å².